The van der Waals surface area contributed by atoms with Gasteiger partial charge in [0.15, 0.2) is 0 Å². The Labute approximate surface area is 194 Å². The zero-order valence-electron chi connectivity index (χ0n) is 22.1. The third-order valence-corrected chi connectivity index (χ3v) is 12.5. The average molecular weight is 431 g/mol. The lowest BCUT2D eigenvalue weighted by Gasteiger charge is -2.66. The Balaban J connectivity index is 1.50. The molecule has 0 aromatic heterocycles. The Kier molecular flexibility index (Phi) is 6.71. The third-order valence-electron chi connectivity index (χ3n) is 12.5. The smallest absolute Gasteiger partial charge is 0.0543 e. The van der Waals surface area contributed by atoms with Gasteiger partial charge >= 0.3 is 0 Å². The average Bonchev–Trinajstić information content (AvgIpc) is 3.07. The molecular weight excluding hydrogens is 376 g/mol. The first-order valence-electron chi connectivity index (χ1n) is 14.2. The summed E-state index contributed by atoms with van der Waals surface area (Å²) in [4.78, 5) is 0. The van der Waals surface area contributed by atoms with Gasteiger partial charge in [-0.1, -0.05) is 61.3 Å². The molecule has 3 unspecified atom stereocenters. The zero-order chi connectivity index (χ0) is 22.6. The lowest BCUT2D eigenvalue weighted by molar-refractivity contribution is -0.176. The van der Waals surface area contributed by atoms with Crippen LogP contribution in [0.25, 0.3) is 0 Å². The second-order valence-corrected chi connectivity index (χ2v) is 14.0. The van der Waals surface area contributed by atoms with E-state index in [0.717, 1.165) is 54.3 Å². The molecule has 0 aromatic rings. The molecular formula is C30H54O. The van der Waals surface area contributed by atoms with Crippen LogP contribution in [0, 0.1) is 57.7 Å². The van der Waals surface area contributed by atoms with Crippen molar-refractivity contribution in [2.45, 2.75) is 132 Å². The summed E-state index contributed by atoms with van der Waals surface area (Å²) in [5, 5.41) is 10.4. The minimum Gasteiger partial charge on any atom is -0.393 e. The molecule has 1 nitrogen and oxygen atoms in total. The highest BCUT2D eigenvalue weighted by atomic mass is 16.3. The van der Waals surface area contributed by atoms with Gasteiger partial charge in [-0.05, 0) is 122 Å². The normalized spacial score (nSPS) is 49.3. The van der Waals surface area contributed by atoms with Crippen molar-refractivity contribution in [1.82, 2.24) is 0 Å². The first-order valence-corrected chi connectivity index (χ1v) is 14.2. The first-order chi connectivity index (χ1) is 14.6. The molecule has 0 amide bonds. The SMILES string of the molecule is CC[C@H](CC[C@@H](C)[C@H]1CC[C@@H]2C1(C)CC[C@H]1C2(C)CCC2C[C@@H](O)CC[C@@]21C)C(C)C. The molecule has 10 atom stereocenters. The lowest BCUT2D eigenvalue weighted by atomic mass is 9.39. The van der Waals surface area contributed by atoms with E-state index in [2.05, 4.69) is 48.5 Å². The molecule has 0 spiro atoms. The second kappa shape index (κ2) is 8.63. The van der Waals surface area contributed by atoms with Gasteiger partial charge in [-0.3, -0.25) is 0 Å². The van der Waals surface area contributed by atoms with Crippen LogP contribution in [0.3, 0.4) is 0 Å². The van der Waals surface area contributed by atoms with E-state index < -0.39 is 0 Å². The van der Waals surface area contributed by atoms with Gasteiger partial charge in [0, 0.05) is 0 Å². The molecule has 0 aliphatic heterocycles. The van der Waals surface area contributed by atoms with E-state index in [1.807, 2.05) is 0 Å². The van der Waals surface area contributed by atoms with E-state index in [0.29, 0.717) is 16.2 Å². The van der Waals surface area contributed by atoms with Crippen molar-refractivity contribution in [1.29, 1.82) is 0 Å². The van der Waals surface area contributed by atoms with Crippen LogP contribution >= 0.6 is 0 Å². The highest BCUT2D eigenvalue weighted by Crippen LogP contribution is 2.73. The predicted octanol–water partition coefficient (Wildman–Crippen LogP) is 8.49. The summed E-state index contributed by atoms with van der Waals surface area (Å²) in [6.45, 7) is 18.0. The summed E-state index contributed by atoms with van der Waals surface area (Å²) >= 11 is 0. The number of aliphatic hydroxyl groups excluding tert-OH is 1. The number of hydrogen-bond acceptors (Lipinski definition) is 1. The Morgan fingerprint density at radius 3 is 2.10 bits per heavy atom. The van der Waals surface area contributed by atoms with Gasteiger partial charge < -0.3 is 5.11 Å². The quantitative estimate of drug-likeness (QED) is 0.448. The molecule has 0 saturated heterocycles. The lowest BCUT2D eigenvalue weighted by Crippen LogP contribution is -2.59. The summed E-state index contributed by atoms with van der Waals surface area (Å²) in [6, 6.07) is 0. The monoisotopic (exact) mass is 430 g/mol. The van der Waals surface area contributed by atoms with Crippen molar-refractivity contribution in [3.05, 3.63) is 0 Å². The van der Waals surface area contributed by atoms with Gasteiger partial charge in [-0.2, -0.15) is 0 Å². The Hall–Kier alpha value is -0.0400. The minimum absolute atomic E-state index is 0.0224. The molecule has 1 heteroatoms. The van der Waals surface area contributed by atoms with Crippen LogP contribution in [0.1, 0.15) is 126 Å². The predicted molar refractivity (Wildman–Crippen MR) is 133 cm³/mol. The molecule has 0 radical (unpaired) electrons. The molecule has 180 valence electrons. The summed E-state index contributed by atoms with van der Waals surface area (Å²) in [7, 11) is 0. The molecule has 0 bridgehead atoms. The van der Waals surface area contributed by atoms with E-state index in [4.69, 9.17) is 0 Å². The maximum atomic E-state index is 10.4. The van der Waals surface area contributed by atoms with Crippen LogP contribution in [0.2, 0.25) is 0 Å². The highest BCUT2D eigenvalue weighted by molar-refractivity contribution is 5.14. The molecule has 4 saturated carbocycles. The fraction of sp³-hybridized carbons (Fsp3) is 1.00. The Morgan fingerprint density at radius 1 is 0.774 bits per heavy atom. The number of fused-ring (bicyclic) bond motifs is 5. The highest BCUT2D eigenvalue weighted by Gasteiger charge is 2.65. The van der Waals surface area contributed by atoms with Crippen molar-refractivity contribution in [2.24, 2.45) is 57.7 Å². The molecule has 1 N–H and O–H groups in total. The van der Waals surface area contributed by atoms with Crippen LogP contribution in [0.5, 0.6) is 0 Å². The largest absolute Gasteiger partial charge is 0.393 e. The van der Waals surface area contributed by atoms with Gasteiger partial charge in [-0.25, -0.2) is 0 Å². The number of hydrogen-bond donors (Lipinski definition) is 1. The molecule has 0 heterocycles. The number of aliphatic hydroxyl groups is 1. The van der Waals surface area contributed by atoms with E-state index in [9.17, 15) is 5.11 Å². The molecule has 4 aliphatic carbocycles. The van der Waals surface area contributed by atoms with Crippen LogP contribution in [0.4, 0.5) is 0 Å². The van der Waals surface area contributed by atoms with Crippen LogP contribution < -0.4 is 0 Å². The topological polar surface area (TPSA) is 20.2 Å². The fourth-order valence-electron chi connectivity index (χ4n) is 10.6. The summed E-state index contributed by atoms with van der Waals surface area (Å²) in [5.74, 6) is 6.18. The maximum absolute atomic E-state index is 10.4. The minimum atomic E-state index is -0.0224. The number of rotatable bonds is 6. The van der Waals surface area contributed by atoms with E-state index in [-0.39, 0.29) is 6.10 Å². The fourth-order valence-corrected chi connectivity index (χ4v) is 10.6. The van der Waals surface area contributed by atoms with Gasteiger partial charge in [0.25, 0.3) is 0 Å². The maximum Gasteiger partial charge on any atom is 0.0543 e. The standard InChI is InChI=1S/C30H54O/c1-8-22(20(2)3)10-9-21(4)25-11-12-26-29(25,6)18-15-27-28(5)17-14-24(31)19-23(28)13-16-30(26,27)7/h20-27,31H,8-19H2,1-7H3/t21-,22-,23?,24+,25-,26-,27-,28+,29?,30?/m1/s1. The summed E-state index contributed by atoms with van der Waals surface area (Å²) in [5.41, 5.74) is 1.60. The molecule has 4 fully saturated rings. The van der Waals surface area contributed by atoms with Crippen molar-refractivity contribution in [3.8, 4) is 0 Å². The van der Waals surface area contributed by atoms with Crippen molar-refractivity contribution in [2.75, 3.05) is 0 Å². The van der Waals surface area contributed by atoms with Crippen molar-refractivity contribution >= 4 is 0 Å². The Bertz CT molecular complexity index is 626. The molecule has 4 rings (SSSR count). The van der Waals surface area contributed by atoms with Gasteiger partial charge in [0.1, 0.15) is 0 Å². The zero-order valence-corrected chi connectivity index (χ0v) is 22.1. The molecule has 4 aliphatic rings. The van der Waals surface area contributed by atoms with E-state index >= 15 is 0 Å². The molecule has 0 aromatic carbocycles. The summed E-state index contributed by atoms with van der Waals surface area (Å²) < 4.78 is 0. The van der Waals surface area contributed by atoms with Crippen molar-refractivity contribution in [3.63, 3.8) is 0 Å². The van der Waals surface area contributed by atoms with E-state index in [1.54, 1.807) is 0 Å². The van der Waals surface area contributed by atoms with Crippen molar-refractivity contribution < 1.29 is 5.11 Å². The van der Waals surface area contributed by atoms with Crippen LogP contribution in [0.15, 0.2) is 0 Å². The van der Waals surface area contributed by atoms with Gasteiger partial charge in [0.2, 0.25) is 0 Å². The third kappa shape index (κ3) is 3.85. The van der Waals surface area contributed by atoms with Gasteiger partial charge in [0.05, 0.1) is 6.10 Å². The Morgan fingerprint density at radius 2 is 1.42 bits per heavy atom. The van der Waals surface area contributed by atoms with Crippen LogP contribution in [-0.4, -0.2) is 11.2 Å². The van der Waals surface area contributed by atoms with E-state index in [1.165, 1.54) is 64.2 Å². The van der Waals surface area contributed by atoms with Gasteiger partial charge in [-0.15, -0.1) is 0 Å². The first kappa shape index (κ1) is 24.1. The van der Waals surface area contributed by atoms with Crippen LogP contribution in [-0.2, 0) is 0 Å². The summed E-state index contributed by atoms with van der Waals surface area (Å²) in [6.07, 6.45) is 16.3. The second-order valence-electron chi connectivity index (χ2n) is 14.0. The molecule has 31 heavy (non-hydrogen) atoms.